The lowest BCUT2D eigenvalue weighted by Gasteiger charge is -2.17. The summed E-state index contributed by atoms with van der Waals surface area (Å²) in [4.78, 5) is 6.35. The van der Waals surface area contributed by atoms with Crippen molar-refractivity contribution < 1.29 is 4.74 Å². The number of aromatic nitrogens is 1. The number of ether oxygens (including phenoxy) is 1. The molecule has 1 aliphatic carbocycles. The lowest BCUT2D eigenvalue weighted by molar-refractivity contribution is 0.302. The molecule has 0 aliphatic heterocycles. The van der Waals surface area contributed by atoms with Gasteiger partial charge in [0.2, 0.25) is 0 Å². The summed E-state index contributed by atoms with van der Waals surface area (Å²) in [6.45, 7) is 0. The maximum atomic E-state index is 5.70. The van der Waals surface area contributed by atoms with E-state index in [1.54, 1.807) is 6.20 Å². The summed E-state index contributed by atoms with van der Waals surface area (Å²) < 4.78 is 5.70. The van der Waals surface area contributed by atoms with E-state index in [4.69, 9.17) is 4.74 Å². The zero-order valence-corrected chi connectivity index (χ0v) is 9.45. The average Bonchev–Trinajstić information content (AvgIpc) is 3.01. The minimum Gasteiger partial charge on any atom is -0.489 e. The van der Waals surface area contributed by atoms with Crippen LogP contribution in [0.15, 0.2) is 12.3 Å². The fourth-order valence-corrected chi connectivity index (χ4v) is 1.41. The van der Waals surface area contributed by atoms with E-state index in [0.29, 0.717) is 6.10 Å². The third-order valence-corrected chi connectivity index (χ3v) is 2.39. The van der Waals surface area contributed by atoms with Gasteiger partial charge >= 0.3 is 0 Å². The predicted octanol–water partition coefficient (Wildman–Crippen LogP) is 1.73. The summed E-state index contributed by atoms with van der Waals surface area (Å²) in [6.07, 6.45) is 4.54. The van der Waals surface area contributed by atoms with Crippen molar-refractivity contribution in [3.05, 3.63) is 12.3 Å². The van der Waals surface area contributed by atoms with Gasteiger partial charge in [-0.1, -0.05) is 0 Å². The third-order valence-electron chi connectivity index (χ3n) is 2.39. The smallest absolute Gasteiger partial charge is 0.149 e. The minimum atomic E-state index is 0.419. The SMILES string of the molecule is CNc1ncc(OC2CC2)cc1N(C)C. The average molecular weight is 207 g/mol. The maximum absolute atomic E-state index is 5.70. The Hall–Kier alpha value is -1.45. The first-order valence-electron chi connectivity index (χ1n) is 5.22. The second-order valence-corrected chi connectivity index (χ2v) is 4.00. The van der Waals surface area contributed by atoms with Crippen molar-refractivity contribution in [3.8, 4) is 5.75 Å². The molecule has 0 aromatic carbocycles. The van der Waals surface area contributed by atoms with E-state index in [2.05, 4.69) is 10.3 Å². The van der Waals surface area contributed by atoms with Gasteiger partial charge in [0.25, 0.3) is 0 Å². The van der Waals surface area contributed by atoms with Gasteiger partial charge in [0.15, 0.2) is 0 Å². The highest BCUT2D eigenvalue weighted by Gasteiger charge is 2.24. The summed E-state index contributed by atoms with van der Waals surface area (Å²) in [5.41, 5.74) is 1.05. The van der Waals surface area contributed by atoms with Crippen LogP contribution in [0.2, 0.25) is 0 Å². The molecule has 2 rings (SSSR count). The van der Waals surface area contributed by atoms with Gasteiger partial charge < -0.3 is 15.0 Å². The molecule has 0 unspecified atom stereocenters. The lowest BCUT2D eigenvalue weighted by Crippen LogP contribution is -2.12. The summed E-state index contributed by atoms with van der Waals surface area (Å²) in [5, 5.41) is 3.06. The van der Waals surface area contributed by atoms with Crippen LogP contribution in [0.4, 0.5) is 11.5 Å². The molecule has 0 atom stereocenters. The molecule has 4 nitrogen and oxygen atoms in total. The van der Waals surface area contributed by atoms with Crippen LogP contribution in [0.25, 0.3) is 0 Å². The Balaban J connectivity index is 2.22. The van der Waals surface area contributed by atoms with Crippen molar-refractivity contribution in [1.29, 1.82) is 0 Å². The number of hydrogen-bond acceptors (Lipinski definition) is 4. The van der Waals surface area contributed by atoms with E-state index in [0.717, 1.165) is 17.3 Å². The van der Waals surface area contributed by atoms with Gasteiger partial charge in [0, 0.05) is 27.2 Å². The normalized spacial score (nSPS) is 14.9. The van der Waals surface area contributed by atoms with E-state index in [1.165, 1.54) is 12.8 Å². The molecule has 1 heterocycles. The molecule has 1 aromatic rings. The first-order chi connectivity index (χ1) is 7.20. The number of anilines is 2. The Morgan fingerprint density at radius 1 is 1.47 bits per heavy atom. The lowest BCUT2D eigenvalue weighted by atomic mass is 10.3. The largest absolute Gasteiger partial charge is 0.489 e. The fraction of sp³-hybridized carbons (Fsp3) is 0.545. The second-order valence-electron chi connectivity index (χ2n) is 4.00. The molecule has 15 heavy (non-hydrogen) atoms. The highest BCUT2D eigenvalue weighted by atomic mass is 16.5. The third kappa shape index (κ3) is 2.32. The van der Waals surface area contributed by atoms with E-state index in [1.807, 2.05) is 32.1 Å². The Kier molecular flexibility index (Phi) is 2.66. The van der Waals surface area contributed by atoms with E-state index in [-0.39, 0.29) is 0 Å². The Morgan fingerprint density at radius 3 is 2.73 bits per heavy atom. The van der Waals surface area contributed by atoms with Gasteiger partial charge in [0.05, 0.1) is 18.0 Å². The van der Waals surface area contributed by atoms with Crippen LogP contribution >= 0.6 is 0 Å². The van der Waals surface area contributed by atoms with E-state index >= 15 is 0 Å². The number of nitrogens with zero attached hydrogens (tertiary/aromatic N) is 2. The van der Waals surface area contributed by atoms with Crippen LogP contribution in [-0.2, 0) is 0 Å². The second kappa shape index (κ2) is 3.96. The topological polar surface area (TPSA) is 37.4 Å². The Bertz CT molecular complexity index is 348. The molecule has 0 saturated heterocycles. The Labute approximate surface area is 90.3 Å². The number of pyridine rings is 1. The van der Waals surface area contributed by atoms with Crippen molar-refractivity contribution in [1.82, 2.24) is 4.98 Å². The van der Waals surface area contributed by atoms with Gasteiger partial charge in [-0.3, -0.25) is 0 Å². The molecule has 1 saturated carbocycles. The van der Waals surface area contributed by atoms with Crippen LogP contribution < -0.4 is 15.0 Å². The van der Waals surface area contributed by atoms with Crippen molar-refractivity contribution >= 4 is 11.5 Å². The summed E-state index contributed by atoms with van der Waals surface area (Å²) in [5.74, 6) is 1.74. The van der Waals surface area contributed by atoms with E-state index in [9.17, 15) is 0 Å². The molecule has 0 bridgehead atoms. The first-order valence-corrected chi connectivity index (χ1v) is 5.22. The molecular formula is C11H17N3O. The number of nitrogens with one attached hydrogen (secondary N) is 1. The molecule has 0 radical (unpaired) electrons. The zero-order valence-electron chi connectivity index (χ0n) is 9.45. The van der Waals surface area contributed by atoms with Crippen molar-refractivity contribution in [2.75, 3.05) is 31.4 Å². The first kappa shape index (κ1) is 10.1. The van der Waals surface area contributed by atoms with Gasteiger partial charge in [0.1, 0.15) is 11.6 Å². The fourth-order valence-electron chi connectivity index (χ4n) is 1.41. The summed E-state index contributed by atoms with van der Waals surface area (Å²) in [6, 6.07) is 2.02. The van der Waals surface area contributed by atoms with Gasteiger partial charge in [-0.15, -0.1) is 0 Å². The number of rotatable bonds is 4. The molecule has 1 fully saturated rings. The van der Waals surface area contributed by atoms with Crippen molar-refractivity contribution in [2.45, 2.75) is 18.9 Å². The van der Waals surface area contributed by atoms with Crippen LogP contribution in [0.1, 0.15) is 12.8 Å². The highest BCUT2D eigenvalue weighted by Crippen LogP contribution is 2.31. The molecule has 1 aromatic heterocycles. The molecule has 0 spiro atoms. The van der Waals surface area contributed by atoms with Gasteiger partial charge in [-0.05, 0) is 12.8 Å². The molecule has 0 amide bonds. The van der Waals surface area contributed by atoms with Crippen LogP contribution in [-0.4, -0.2) is 32.2 Å². The summed E-state index contributed by atoms with van der Waals surface area (Å²) in [7, 11) is 5.87. The highest BCUT2D eigenvalue weighted by molar-refractivity contribution is 5.66. The predicted molar refractivity (Wildman–Crippen MR) is 61.8 cm³/mol. The maximum Gasteiger partial charge on any atom is 0.149 e. The Morgan fingerprint density at radius 2 is 2.20 bits per heavy atom. The quantitative estimate of drug-likeness (QED) is 0.816. The molecule has 4 heteroatoms. The summed E-state index contributed by atoms with van der Waals surface area (Å²) >= 11 is 0. The van der Waals surface area contributed by atoms with Crippen molar-refractivity contribution in [3.63, 3.8) is 0 Å². The monoisotopic (exact) mass is 207 g/mol. The van der Waals surface area contributed by atoms with Crippen LogP contribution in [0.5, 0.6) is 5.75 Å². The zero-order chi connectivity index (χ0) is 10.8. The van der Waals surface area contributed by atoms with Crippen LogP contribution in [0, 0.1) is 0 Å². The van der Waals surface area contributed by atoms with Crippen LogP contribution in [0.3, 0.4) is 0 Å². The number of hydrogen-bond donors (Lipinski definition) is 1. The minimum absolute atomic E-state index is 0.419. The van der Waals surface area contributed by atoms with Crippen molar-refractivity contribution in [2.24, 2.45) is 0 Å². The molecular weight excluding hydrogens is 190 g/mol. The van der Waals surface area contributed by atoms with Gasteiger partial charge in [-0.25, -0.2) is 4.98 Å². The molecule has 1 N–H and O–H groups in total. The standard InChI is InChI=1S/C11H17N3O/c1-12-11-10(14(2)3)6-9(7-13-11)15-8-4-5-8/h6-8H,4-5H2,1-3H3,(H,12,13). The molecule has 82 valence electrons. The van der Waals surface area contributed by atoms with E-state index < -0.39 is 0 Å². The molecule has 1 aliphatic rings. The van der Waals surface area contributed by atoms with Gasteiger partial charge in [-0.2, -0.15) is 0 Å².